The quantitative estimate of drug-likeness (QED) is 0.771. The molecule has 0 bridgehead atoms. The molecular weight excluding hydrogens is 262 g/mol. The minimum absolute atomic E-state index is 0.0726. The number of carbonyl (C=O) groups excluding carboxylic acids is 1. The Kier molecular flexibility index (Phi) is 4.24. The highest BCUT2D eigenvalue weighted by Gasteiger charge is 2.19. The average Bonchev–Trinajstić information content (AvgIpc) is 2.79. The second-order valence-electron chi connectivity index (χ2n) is 4.32. The van der Waals surface area contributed by atoms with Crippen LogP contribution in [0.25, 0.3) is 5.78 Å². The van der Waals surface area contributed by atoms with E-state index in [2.05, 4.69) is 20.4 Å². The summed E-state index contributed by atoms with van der Waals surface area (Å²) in [6.45, 7) is 1.86. The molecule has 2 heterocycles. The van der Waals surface area contributed by atoms with Crippen LogP contribution >= 0.6 is 0 Å². The fraction of sp³-hybridized carbons (Fsp3) is 0.417. The molecule has 0 aliphatic carbocycles. The number of hydrogen-bond acceptors (Lipinski definition) is 5. The number of amides is 1. The molecule has 1 amide bonds. The van der Waals surface area contributed by atoms with Gasteiger partial charge in [0.2, 0.25) is 5.91 Å². The van der Waals surface area contributed by atoms with Gasteiger partial charge in [-0.1, -0.05) is 13.3 Å². The molecule has 106 valence electrons. The molecule has 2 aromatic heterocycles. The van der Waals surface area contributed by atoms with E-state index in [9.17, 15) is 9.59 Å². The minimum Gasteiger partial charge on any atom is -0.480 e. The molecule has 0 saturated carbocycles. The van der Waals surface area contributed by atoms with E-state index in [1.54, 1.807) is 18.5 Å². The zero-order valence-electron chi connectivity index (χ0n) is 11.0. The standard InChI is InChI=1S/C12H15N5O3/c1-2-4-8(11(19)20)14-10(18)7-9-15-12-13-5-3-6-17(12)16-9/h3,5-6,8H,2,4,7H2,1H3,(H,14,18)(H,19,20). The van der Waals surface area contributed by atoms with Gasteiger partial charge < -0.3 is 10.4 Å². The second kappa shape index (κ2) is 6.09. The maximum absolute atomic E-state index is 11.8. The van der Waals surface area contributed by atoms with Crippen LogP contribution in [-0.2, 0) is 16.0 Å². The molecule has 0 fully saturated rings. The highest BCUT2D eigenvalue weighted by Crippen LogP contribution is 2.00. The largest absolute Gasteiger partial charge is 0.480 e. The van der Waals surface area contributed by atoms with Crippen LogP contribution in [0.3, 0.4) is 0 Å². The van der Waals surface area contributed by atoms with Gasteiger partial charge in [0.1, 0.15) is 6.04 Å². The van der Waals surface area contributed by atoms with Gasteiger partial charge in [0.25, 0.3) is 5.78 Å². The number of aromatic nitrogens is 4. The van der Waals surface area contributed by atoms with E-state index in [-0.39, 0.29) is 6.42 Å². The van der Waals surface area contributed by atoms with Crippen molar-refractivity contribution >= 4 is 17.7 Å². The maximum atomic E-state index is 11.8. The van der Waals surface area contributed by atoms with Crippen molar-refractivity contribution in [3.05, 3.63) is 24.3 Å². The first-order valence-electron chi connectivity index (χ1n) is 6.28. The summed E-state index contributed by atoms with van der Waals surface area (Å²) in [5.74, 6) is -0.743. The molecule has 0 aliphatic heterocycles. The molecule has 1 atom stereocenters. The summed E-state index contributed by atoms with van der Waals surface area (Å²) in [6, 6.07) is 0.829. The number of fused-ring (bicyclic) bond motifs is 1. The number of aliphatic carboxylic acids is 1. The van der Waals surface area contributed by atoms with Crippen molar-refractivity contribution in [1.29, 1.82) is 0 Å². The Morgan fingerprint density at radius 3 is 2.95 bits per heavy atom. The highest BCUT2D eigenvalue weighted by atomic mass is 16.4. The fourth-order valence-corrected chi connectivity index (χ4v) is 1.79. The first-order chi connectivity index (χ1) is 9.60. The first-order valence-corrected chi connectivity index (χ1v) is 6.28. The van der Waals surface area contributed by atoms with E-state index >= 15 is 0 Å². The van der Waals surface area contributed by atoms with Crippen molar-refractivity contribution in [2.75, 3.05) is 0 Å². The summed E-state index contributed by atoms with van der Waals surface area (Å²) in [5.41, 5.74) is 0. The Morgan fingerprint density at radius 2 is 2.30 bits per heavy atom. The third-order valence-corrected chi connectivity index (χ3v) is 2.69. The molecule has 2 aromatic rings. The molecular formula is C12H15N5O3. The molecule has 0 spiro atoms. The number of nitrogens with one attached hydrogen (secondary N) is 1. The van der Waals surface area contributed by atoms with Gasteiger partial charge in [0.15, 0.2) is 5.82 Å². The lowest BCUT2D eigenvalue weighted by atomic mass is 10.1. The van der Waals surface area contributed by atoms with Crippen molar-refractivity contribution < 1.29 is 14.7 Å². The van der Waals surface area contributed by atoms with Crippen LogP contribution in [0.4, 0.5) is 0 Å². The summed E-state index contributed by atoms with van der Waals surface area (Å²) in [4.78, 5) is 30.8. The van der Waals surface area contributed by atoms with Crippen LogP contribution < -0.4 is 5.32 Å². The Balaban J connectivity index is 2.01. The van der Waals surface area contributed by atoms with Crippen molar-refractivity contribution in [2.24, 2.45) is 0 Å². The van der Waals surface area contributed by atoms with E-state index in [4.69, 9.17) is 5.11 Å². The van der Waals surface area contributed by atoms with Crippen molar-refractivity contribution in [3.63, 3.8) is 0 Å². The van der Waals surface area contributed by atoms with Gasteiger partial charge in [0.05, 0.1) is 6.42 Å². The Morgan fingerprint density at radius 1 is 1.50 bits per heavy atom. The van der Waals surface area contributed by atoms with Crippen LogP contribution in [0, 0.1) is 0 Å². The lowest BCUT2D eigenvalue weighted by Gasteiger charge is -2.12. The molecule has 0 saturated heterocycles. The average molecular weight is 277 g/mol. The van der Waals surface area contributed by atoms with Crippen molar-refractivity contribution in [2.45, 2.75) is 32.2 Å². The molecule has 8 heteroatoms. The lowest BCUT2D eigenvalue weighted by molar-refractivity contribution is -0.141. The van der Waals surface area contributed by atoms with Gasteiger partial charge in [-0.05, 0) is 12.5 Å². The second-order valence-corrected chi connectivity index (χ2v) is 4.32. The van der Waals surface area contributed by atoms with Crippen LogP contribution in [0.15, 0.2) is 18.5 Å². The Hall–Kier alpha value is -2.51. The SMILES string of the molecule is CCCC(NC(=O)Cc1nc2ncccn2n1)C(=O)O. The Bertz CT molecular complexity index is 591. The van der Waals surface area contributed by atoms with Crippen LogP contribution in [0.2, 0.25) is 0 Å². The molecule has 0 radical (unpaired) electrons. The summed E-state index contributed by atoms with van der Waals surface area (Å²) in [6.07, 6.45) is 4.25. The zero-order chi connectivity index (χ0) is 14.5. The van der Waals surface area contributed by atoms with Crippen LogP contribution in [-0.4, -0.2) is 42.6 Å². The smallest absolute Gasteiger partial charge is 0.326 e. The van der Waals surface area contributed by atoms with E-state index in [0.717, 1.165) is 0 Å². The van der Waals surface area contributed by atoms with Gasteiger partial charge >= 0.3 is 5.97 Å². The monoisotopic (exact) mass is 277 g/mol. The number of carboxylic acids is 1. The third-order valence-electron chi connectivity index (χ3n) is 2.69. The van der Waals surface area contributed by atoms with E-state index in [1.807, 2.05) is 6.92 Å². The topological polar surface area (TPSA) is 109 Å². The Labute approximate surface area is 114 Å². The zero-order valence-corrected chi connectivity index (χ0v) is 11.0. The molecule has 20 heavy (non-hydrogen) atoms. The number of hydrogen-bond donors (Lipinski definition) is 2. The van der Waals surface area contributed by atoms with Crippen LogP contribution in [0.1, 0.15) is 25.6 Å². The molecule has 8 nitrogen and oxygen atoms in total. The number of rotatable bonds is 6. The molecule has 1 unspecified atom stereocenters. The first kappa shape index (κ1) is 13.9. The molecule has 0 aromatic carbocycles. The van der Waals surface area contributed by atoms with Gasteiger partial charge in [-0.2, -0.15) is 4.98 Å². The van der Waals surface area contributed by atoms with Crippen molar-refractivity contribution in [3.8, 4) is 0 Å². The van der Waals surface area contributed by atoms with Gasteiger partial charge in [-0.3, -0.25) is 4.79 Å². The molecule has 2 N–H and O–H groups in total. The van der Waals surface area contributed by atoms with Gasteiger partial charge in [-0.25, -0.2) is 14.3 Å². The summed E-state index contributed by atoms with van der Waals surface area (Å²) in [5, 5.41) is 15.5. The number of nitrogens with zero attached hydrogens (tertiary/aromatic N) is 4. The summed E-state index contributed by atoms with van der Waals surface area (Å²) in [7, 11) is 0. The fourth-order valence-electron chi connectivity index (χ4n) is 1.79. The lowest BCUT2D eigenvalue weighted by Crippen LogP contribution is -2.41. The van der Waals surface area contributed by atoms with E-state index < -0.39 is 17.9 Å². The summed E-state index contributed by atoms with van der Waals surface area (Å²) >= 11 is 0. The number of carboxylic acid groups (broad SMARTS) is 1. The molecule has 0 aliphatic rings. The van der Waals surface area contributed by atoms with Gasteiger partial charge in [0, 0.05) is 12.4 Å². The van der Waals surface area contributed by atoms with E-state index in [1.165, 1.54) is 4.52 Å². The maximum Gasteiger partial charge on any atom is 0.326 e. The predicted molar refractivity (Wildman–Crippen MR) is 69.0 cm³/mol. The minimum atomic E-state index is -1.04. The van der Waals surface area contributed by atoms with Gasteiger partial charge in [-0.15, -0.1) is 5.10 Å². The summed E-state index contributed by atoms with van der Waals surface area (Å²) < 4.78 is 1.46. The van der Waals surface area contributed by atoms with Crippen molar-refractivity contribution in [1.82, 2.24) is 24.9 Å². The molecule has 2 rings (SSSR count). The normalized spacial score (nSPS) is 12.2. The highest BCUT2D eigenvalue weighted by molar-refractivity contribution is 5.84. The number of carbonyl (C=O) groups is 2. The van der Waals surface area contributed by atoms with E-state index in [0.29, 0.717) is 24.4 Å². The third kappa shape index (κ3) is 3.28. The van der Waals surface area contributed by atoms with Crippen LogP contribution in [0.5, 0.6) is 0 Å². The predicted octanol–water partition coefficient (Wildman–Crippen LogP) is 0.0363.